The Kier molecular flexibility index (Phi) is 2.86. The second-order valence-electron chi connectivity index (χ2n) is 3.72. The summed E-state index contributed by atoms with van der Waals surface area (Å²) in [5.41, 5.74) is 2.81. The van der Waals surface area contributed by atoms with Crippen LogP contribution >= 0.6 is 0 Å². The van der Waals surface area contributed by atoms with Crippen molar-refractivity contribution in [2.75, 3.05) is 0 Å². The molecule has 0 fully saturated rings. The van der Waals surface area contributed by atoms with Crippen molar-refractivity contribution in [3.63, 3.8) is 0 Å². The number of hydrogen-bond donors (Lipinski definition) is 0. The molecule has 0 aliphatic rings. The van der Waals surface area contributed by atoms with Gasteiger partial charge in [-0.25, -0.2) is 4.98 Å². The summed E-state index contributed by atoms with van der Waals surface area (Å²) in [7, 11) is 0. The molecule has 2 heteroatoms. The zero-order valence-corrected chi connectivity index (χ0v) is 9.27. The SMILES string of the molecule is CCc1ccccc1Cn1ccnc1C. The van der Waals surface area contributed by atoms with E-state index in [-0.39, 0.29) is 0 Å². The van der Waals surface area contributed by atoms with Gasteiger partial charge in [0, 0.05) is 18.9 Å². The number of imidazole rings is 1. The monoisotopic (exact) mass is 200 g/mol. The number of aromatic nitrogens is 2. The lowest BCUT2D eigenvalue weighted by Crippen LogP contribution is -2.03. The fourth-order valence-electron chi connectivity index (χ4n) is 1.81. The van der Waals surface area contributed by atoms with Gasteiger partial charge in [0.05, 0.1) is 0 Å². The Morgan fingerprint density at radius 2 is 1.93 bits per heavy atom. The molecular formula is C13H16N2. The van der Waals surface area contributed by atoms with Crippen LogP contribution in [0.4, 0.5) is 0 Å². The molecule has 1 aromatic carbocycles. The van der Waals surface area contributed by atoms with Crippen molar-refractivity contribution in [3.8, 4) is 0 Å². The van der Waals surface area contributed by atoms with E-state index >= 15 is 0 Å². The highest BCUT2D eigenvalue weighted by Crippen LogP contribution is 2.12. The van der Waals surface area contributed by atoms with Crippen LogP contribution in [0.5, 0.6) is 0 Å². The second-order valence-corrected chi connectivity index (χ2v) is 3.72. The topological polar surface area (TPSA) is 17.8 Å². The van der Waals surface area contributed by atoms with E-state index in [2.05, 4.69) is 40.7 Å². The molecule has 0 radical (unpaired) electrons. The standard InChI is InChI=1S/C13H16N2/c1-3-12-6-4-5-7-13(12)10-15-9-8-14-11(15)2/h4-9H,3,10H2,1-2H3. The highest BCUT2D eigenvalue weighted by Gasteiger charge is 2.02. The minimum Gasteiger partial charge on any atom is -0.331 e. The average Bonchev–Trinajstić information content (AvgIpc) is 2.65. The molecule has 0 aliphatic heterocycles. The fourth-order valence-corrected chi connectivity index (χ4v) is 1.81. The molecule has 0 saturated carbocycles. The predicted octanol–water partition coefficient (Wildman–Crippen LogP) is 2.80. The summed E-state index contributed by atoms with van der Waals surface area (Å²) >= 11 is 0. The van der Waals surface area contributed by atoms with Crippen LogP contribution in [-0.2, 0) is 13.0 Å². The van der Waals surface area contributed by atoms with Gasteiger partial charge in [0.25, 0.3) is 0 Å². The molecule has 0 bridgehead atoms. The third-order valence-electron chi connectivity index (χ3n) is 2.76. The fraction of sp³-hybridized carbons (Fsp3) is 0.308. The van der Waals surface area contributed by atoms with Crippen molar-refractivity contribution in [1.29, 1.82) is 0 Å². The molecule has 1 aromatic heterocycles. The quantitative estimate of drug-likeness (QED) is 0.745. The van der Waals surface area contributed by atoms with E-state index in [4.69, 9.17) is 0 Å². The lowest BCUT2D eigenvalue weighted by atomic mass is 10.1. The van der Waals surface area contributed by atoms with Gasteiger partial charge < -0.3 is 4.57 Å². The van der Waals surface area contributed by atoms with Crippen LogP contribution < -0.4 is 0 Å². The van der Waals surface area contributed by atoms with Crippen molar-refractivity contribution in [2.45, 2.75) is 26.8 Å². The van der Waals surface area contributed by atoms with Gasteiger partial charge >= 0.3 is 0 Å². The molecule has 78 valence electrons. The molecule has 0 aliphatic carbocycles. The van der Waals surface area contributed by atoms with E-state index in [1.54, 1.807) is 0 Å². The van der Waals surface area contributed by atoms with Crippen LogP contribution in [0.15, 0.2) is 36.7 Å². The van der Waals surface area contributed by atoms with Gasteiger partial charge in [0.2, 0.25) is 0 Å². The van der Waals surface area contributed by atoms with E-state index < -0.39 is 0 Å². The Bertz CT molecular complexity index is 443. The van der Waals surface area contributed by atoms with Crippen molar-refractivity contribution < 1.29 is 0 Å². The van der Waals surface area contributed by atoms with Crippen molar-refractivity contribution in [1.82, 2.24) is 9.55 Å². The lowest BCUT2D eigenvalue weighted by molar-refractivity contribution is 0.754. The molecule has 0 spiro atoms. The number of nitrogens with zero attached hydrogens (tertiary/aromatic N) is 2. The summed E-state index contributed by atoms with van der Waals surface area (Å²) in [5.74, 6) is 1.07. The van der Waals surface area contributed by atoms with Gasteiger partial charge in [0.1, 0.15) is 5.82 Å². The first-order valence-electron chi connectivity index (χ1n) is 5.35. The third kappa shape index (κ3) is 2.09. The normalized spacial score (nSPS) is 10.5. The van der Waals surface area contributed by atoms with E-state index in [0.29, 0.717) is 0 Å². The van der Waals surface area contributed by atoms with Crippen LogP contribution in [0.2, 0.25) is 0 Å². The maximum Gasteiger partial charge on any atom is 0.105 e. The van der Waals surface area contributed by atoms with E-state index in [1.807, 2.05) is 19.3 Å². The first-order valence-corrected chi connectivity index (χ1v) is 5.35. The van der Waals surface area contributed by atoms with Crippen LogP contribution in [0.25, 0.3) is 0 Å². The van der Waals surface area contributed by atoms with Crippen molar-refractivity contribution >= 4 is 0 Å². The summed E-state index contributed by atoms with van der Waals surface area (Å²) in [5, 5.41) is 0. The van der Waals surface area contributed by atoms with Gasteiger partial charge in [-0.15, -0.1) is 0 Å². The lowest BCUT2D eigenvalue weighted by Gasteiger charge is -2.09. The summed E-state index contributed by atoms with van der Waals surface area (Å²) in [6.07, 6.45) is 4.97. The maximum absolute atomic E-state index is 4.23. The molecule has 2 rings (SSSR count). The first kappa shape index (κ1) is 9.97. The maximum atomic E-state index is 4.23. The number of benzene rings is 1. The minimum absolute atomic E-state index is 0.926. The molecule has 1 heterocycles. The molecule has 0 atom stereocenters. The average molecular weight is 200 g/mol. The zero-order chi connectivity index (χ0) is 10.7. The van der Waals surface area contributed by atoms with Gasteiger partial charge in [-0.05, 0) is 24.5 Å². The molecule has 0 N–H and O–H groups in total. The van der Waals surface area contributed by atoms with E-state index in [9.17, 15) is 0 Å². The Morgan fingerprint density at radius 3 is 2.53 bits per heavy atom. The number of rotatable bonds is 3. The smallest absolute Gasteiger partial charge is 0.105 e. The van der Waals surface area contributed by atoms with Gasteiger partial charge in [-0.2, -0.15) is 0 Å². The highest BCUT2D eigenvalue weighted by molar-refractivity contribution is 5.27. The van der Waals surface area contributed by atoms with Gasteiger partial charge in [0.15, 0.2) is 0 Å². The molecule has 15 heavy (non-hydrogen) atoms. The van der Waals surface area contributed by atoms with Crippen LogP contribution in [0, 0.1) is 6.92 Å². The van der Waals surface area contributed by atoms with E-state index in [0.717, 1.165) is 18.8 Å². The molecule has 0 saturated heterocycles. The van der Waals surface area contributed by atoms with Crippen LogP contribution in [0.3, 0.4) is 0 Å². The Morgan fingerprint density at radius 1 is 1.20 bits per heavy atom. The molecule has 0 amide bonds. The Balaban J connectivity index is 2.28. The highest BCUT2D eigenvalue weighted by atomic mass is 15.0. The molecular weight excluding hydrogens is 184 g/mol. The number of aryl methyl sites for hydroxylation is 2. The summed E-state index contributed by atoms with van der Waals surface area (Å²) in [6.45, 7) is 5.16. The third-order valence-corrected chi connectivity index (χ3v) is 2.76. The van der Waals surface area contributed by atoms with E-state index in [1.165, 1.54) is 11.1 Å². The summed E-state index contributed by atoms with van der Waals surface area (Å²) < 4.78 is 2.18. The Hall–Kier alpha value is -1.57. The Labute approximate surface area is 90.6 Å². The number of hydrogen-bond acceptors (Lipinski definition) is 1. The van der Waals surface area contributed by atoms with Crippen LogP contribution in [-0.4, -0.2) is 9.55 Å². The minimum atomic E-state index is 0.926. The summed E-state index contributed by atoms with van der Waals surface area (Å²) in [4.78, 5) is 4.23. The second kappa shape index (κ2) is 4.30. The largest absolute Gasteiger partial charge is 0.331 e. The molecule has 0 unspecified atom stereocenters. The van der Waals surface area contributed by atoms with Crippen molar-refractivity contribution in [2.24, 2.45) is 0 Å². The predicted molar refractivity (Wildman–Crippen MR) is 61.9 cm³/mol. The summed E-state index contributed by atoms with van der Waals surface area (Å²) in [6, 6.07) is 8.59. The molecule has 2 nitrogen and oxygen atoms in total. The van der Waals surface area contributed by atoms with Crippen molar-refractivity contribution in [3.05, 3.63) is 53.6 Å². The first-order chi connectivity index (χ1) is 7.31. The van der Waals surface area contributed by atoms with Gasteiger partial charge in [-0.3, -0.25) is 0 Å². The van der Waals surface area contributed by atoms with Crippen LogP contribution in [0.1, 0.15) is 23.9 Å². The zero-order valence-electron chi connectivity index (χ0n) is 9.27. The molecule has 2 aromatic rings. The van der Waals surface area contributed by atoms with Gasteiger partial charge in [-0.1, -0.05) is 31.2 Å².